The predicted octanol–water partition coefficient (Wildman–Crippen LogP) is 2.32. The Labute approximate surface area is 123 Å². The van der Waals surface area contributed by atoms with Crippen molar-refractivity contribution in [1.29, 1.82) is 0 Å². The summed E-state index contributed by atoms with van der Waals surface area (Å²) in [5.41, 5.74) is 0.481. The number of carboxylic acid groups (broad SMARTS) is 1. The summed E-state index contributed by atoms with van der Waals surface area (Å²) in [4.78, 5) is 22.3. The summed E-state index contributed by atoms with van der Waals surface area (Å²) in [5.74, 6) is -1.15. The molecule has 3 N–H and O–H groups in total. The fourth-order valence-electron chi connectivity index (χ4n) is 1.22. The molecule has 0 fully saturated rings. The van der Waals surface area contributed by atoms with Crippen molar-refractivity contribution in [3.8, 4) is 0 Å². The molecule has 19 heavy (non-hydrogen) atoms. The van der Waals surface area contributed by atoms with Crippen LogP contribution in [0.5, 0.6) is 0 Å². The van der Waals surface area contributed by atoms with Gasteiger partial charge in [-0.25, -0.2) is 9.59 Å². The van der Waals surface area contributed by atoms with Gasteiger partial charge in [0, 0.05) is 7.11 Å². The standard InChI is InChI=1S/C11H12BrClN2O4/c1-19-8(10(16)17)5-14-11(18)15-7-4-2-3-6(13)9(7)12/h2-4,8H,5H2,1H3,(H,16,17)(H2,14,15,18). The molecule has 0 aliphatic rings. The minimum atomic E-state index is -1.15. The predicted molar refractivity (Wildman–Crippen MR) is 74.6 cm³/mol. The number of hydrogen-bond acceptors (Lipinski definition) is 3. The number of aliphatic carboxylic acids is 1. The highest BCUT2D eigenvalue weighted by atomic mass is 79.9. The van der Waals surface area contributed by atoms with E-state index in [1.54, 1.807) is 18.2 Å². The SMILES string of the molecule is COC(CNC(=O)Nc1cccc(Cl)c1Br)C(=O)O. The van der Waals surface area contributed by atoms with Gasteiger partial charge in [-0.1, -0.05) is 17.7 Å². The van der Waals surface area contributed by atoms with Crippen LogP contribution in [0.1, 0.15) is 0 Å². The molecule has 0 saturated carbocycles. The molecule has 1 rings (SSSR count). The van der Waals surface area contributed by atoms with Crippen molar-refractivity contribution in [1.82, 2.24) is 5.32 Å². The molecule has 1 aromatic rings. The second-order valence-electron chi connectivity index (χ2n) is 3.50. The highest BCUT2D eigenvalue weighted by molar-refractivity contribution is 9.10. The first-order valence-corrected chi connectivity index (χ1v) is 6.37. The zero-order chi connectivity index (χ0) is 14.4. The minimum absolute atomic E-state index is 0.143. The van der Waals surface area contributed by atoms with Gasteiger partial charge in [0.2, 0.25) is 0 Å². The van der Waals surface area contributed by atoms with Crippen molar-refractivity contribution in [2.24, 2.45) is 0 Å². The smallest absolute Gasteiger partial charge is 0.334 e. The number of ether oxygens (including phenoxy) is 1. The van der Waals surface area contributed by atoms with Gasteiger partial charge in [-0.2, -0.15) is 0 Å². The van der Waals surface area contributed by atoms with Gasteiger partial charge >= 0.3 is 12.0 Å². The van der Waals surface area contributed by atoms with Crippen LogP contribution in [-0.2, 0) is 9.53 Å². The van der Waals surface area contributed by atoms with Crippen LogP contribution < -0.4 is 10.6 Å². The summed E-state index contributed by atoms with van der Waals surface area (Å²) in [6.07, 6.45) is -1.09. The summed E-state index contributed by atoms with van der Waals surface area (Å²) >= 11 is 9.10. The maximum Gasteiger partial charge on any atom is 0.334 e. The number of anilines is 1. The maximum absolute atomic E-state index is 11.6. The van der Waals surface area contributed by atoms with Crippen LogP contribution in [0.15, 0.2) is 22.7 Å². The quantitative estimate of drug-likeness (QED) is 0.760. The monoisotopic (exact) mass is 350 g/mol. The lowest BCUT2D eigenvalue weighted by molar-refractivity contribution is -0.147. The van der Waals surface area contributed by atoms with Crippen LogP contribution in [0, 0.1) is 0 Å². The number of urea groups is 1. The third kappa shape index (κ3) is 4.70. The Morgan fingerprint density at radius 1 is 1.53 bits per heavy atom. The molecule has 0 aliphatic heterocycles. The first-order chi connectivity index (χ1) is 8.95. The van der Waals surface area contributed by atoms with Gasteiger partial charge in [0.1, 0.15) is 0 Å². The summed E-state index contributed by atoms with van der Waals surface area (Å²) < 4.78 is 5.23. The van der Waals surface area contributed by atoms with Crippen LogP contribution in [0.2, 0.25) is 5.02 Å². The van der Waals surface area contributed by atoms with Gasteiger partial charge in [-0.3, -0.25) is 0 Å². The number of benzene rings is 1. The number of nitrogens with one attached hydrogen (secondary N) is 2. The number of amides is 2. The Bertz CT molecular complexity index is 484. The molecule has 6 nitrogen and oxygen atoms in total. The second kappa shape index (κ2) is 7.32. The van der Waals surface area contributed by atoms with Crippen molar-refractivity contribution in [3.05, 3.63) is 27.7 Å². The number of methoxy groups -OCH3 is 1. The Balaban J connectivity index is 2.56. The molecule has 0 saturated heterocycles. The summed E-state index contributed by atoms with van der Waals surface area (Å²) in [6.45, 7) is -0.143. The van der Waals surface area contributed by atoms with Crippen LogP contribution in [0.4, 0.5) is 10.5 Å². The Morgan fingerprint density at radius 2 is 2.21 bits per heavy atom. The average molecular weight is 352 g/mol. The Kier molecular flexibility index (Phi) is 6.07. The average Bonchev–Trinajstić information content (AvgIpc) is 2.35. The molecular formula is C11H12BrClN2O4. The number of carbonyl (C=O) groups excluding carboxylic acids is 1. The second-order valence-corrected chi connectivity index (χ2v) is 4.70. The molecule has 104 valence electrons. The zero-order valence-corrected chi connectivity index (χ0v) is 12.3. The minimum Gasteiger partial charge on any atom is -0.479 e. The van der Waals surface area contributed by atoms with Gasteiger partial charge in [-0.05, 0) is 28.1 Å². The molecule has 0 aromatic heterocycles. The topological polar surface area (TPSA) is 87.7 Å². The van der Waals surface area contributed by atoms with Crippen molar-refractivity contribution in [3.63, 3.8) is 0 Å². The lowest BCUT2D eigenvalue weighted by Crippen LogP contribution is -2.39. The van der Waals surface area contributed by atoms with E-state index in [1.807, 2.05) is 0 Å². The van der Waals surface area contributed by atoms with Crippen LogP contribution in [0.25, 0.3) is 0 Å². The van der Waals surface area contributed by atoms with Crippen molar-refractivity contribution >= 4 is 45.2 Å². The van der Waals surface area contributed by atoms with E-state index in [2.05, 4.69) is 31.3 Å². The Hall–Kier alpha value is -1.31. The first-order valence-electron chi connectivity index (χ1n) is 5.20. The summed E-state index contributed by atoms with van der Waals surface area (Å²) in [5, 5.41) is 14.1. The molecule has 1 aromatic carbocycles. The van der Waals surface area contributed by atoms with E-state index in [1.165, 1.54) is 7.11 Å². The number of carboxylic acids is 1. The Morgan fingerprint density at radius 3 is 2.79 bits per heavy atom. The number of hydrogen-bond donors (Lipinski definition) is 3. The van der Waals surface area contributed by atoms with Crippen molar-refractivity contribution < 1.29 is 19.4 Å². The fourth-order valence-corrected chi connectivity index (χ4v) is 1.76. The van der Waals surface area contributed by atoms with E-state index < -0.39 is 18.1 Å². The number of rotatable bonds is 5. The highest BCUT2D eigenvalue weighted by Crippen LogP contribution is 2.29. The van der Waals surface area contributed by atoms with E-state index in [0.717, 1.165) is 0 Å². The lowest BCUT2D eigenvalue weighted by atomic mass is 10.3. The van der Waals surface area contributed by atoms with E-state index >= 15 is 0 Å². The lowest BCUT2D eigenvalue weighted by Gasteiger charge is -2.13. The largest absolute Gasteiger partial charge is 0.479 e. The summed E-state index contributed by atoms with van der Waals surface area (Å²) in [7, 11) is 1.26. The molecule has 0 heterocycles. The molecule has 0 spiro atoms. The number of carbonyl (C=O) groups is 2. The van der Waals surface area contributed by atoms with E-state index in [0.29, 0.717) is 15.2 Å². The molecule has 2 amide bonds. The molecule has 8 heteroatoms. The highest BCUT2D eigenvalue weighted by Gasteiger charge is 2.17. The van der Waals surface area contributed by atoms with Crippen LogP contribution >= 0.6 is 27.5 Å². The normalized spacial score (nSPS) is 11.7. The van der Waals surface area contributed by atoms with Crippen molar-refractivity contribution in [2.45, 2.75) is 6.10 Å². The molecule has 1 atom stereocenters. The van der Waals surface area contributed by atoms with Gasteiger partial charge in [0.05, 0.1) is 21.7 Å². The molecule has 0 aliphatic carbocycles. The van der Waals surface area contributed by atoms with Gasteiger partial charge < -0.3 is 20.5 Å². The van der Waals surface area contributed by atoms with Gasteiger partial charge in [-0.15, -0.1) is 0 Å². The summed E-state index contributed by atoms with van der Waals surface area (Å²) in [6, 6.07) is 4.45. The molecular weight excluding hydrogens is 339 g/mol. The molecule has 1 unspecified atom stereocenters. The van der Waals surface area contributed by atoms with Crippen LogP contribution in [0.3, 0.4) is 0 Å². The van der Waals surface area contributed by atoms with E-state index in [-0.39, 0.29) is 6.54 Å². The van der Waals surface area contributed by atoms with Crippen molar-refractivity contribution in [2.75, 3.05) is 19.0 Å². The van der Waals surface area contributed by atoms with E-state index in [4.69, 9.17) is 16.7 Å². The van der Waals surface area contributed by atoms with Crippen LogP contribution in [-0.4, -0.2) is 36.9 Å². The van der Waals surface area contributed by atoms with E-state index in [9.17, 15) is 9.59 Å². The van der Waals surface area contributed by atoms with Gasteiger partial charge in [0.25, 0.3) is 0 Å². The molecule has 0 radical (unpaired) electrons. The third-order valence-corrected chi connectivity index (χ3v) is 3.61. The maximum atomic E-state index is 11.6. The zero-order valence-electron chi connectivity index (χ0n) is 9.94. The first kappa shape index (κ1) is 15.7. The number of halogens is 2. The van der Waals surface area contributed by atoms with Gasteiger partial charge in [0.15, 0.2) is 6.10 Å². The third-order valence-electron chi connectivity index (χ3n) is 2.21. The molecule has 0 bridgehead atoms. The fraction of sp³-hybridized carbons (Fsp3) is 0.273.